The van der Waals surface area contributed by atoms with Crippen LogP contribution in [0.25, 0.3) is 17.0 Å². The number of hydrogen-bond acceptors (Lipinski definition) is 5. The third-order valence-electron chi connectivity index (χ3n) is 7.22. The molecule has 2 unspecified atom stereocenters. The zero-order valence-electron chi connectivity index (χ0n) is 20.5. The number of benzene rings is 1. The van der Waals surface area contributed by atoms with E-state index >= 15 is 0 Å². The highest BCUT2D eigenvalue weighted by molar-refractivity contribution is 5.69. The maximum atomic E-state index is 12.7. The first-order valence-electron chi connectivity index (χ1n) is 12.6. The summed E-state index contributed by atoms with van der Waals surface area (Å²) in [7, 11) is 0. The Bertz CT molecular complexity index is 1130. The van der Waals surface area contributed by atoms with Crippen molar-refractivity contribution in [2.24, 2.45) is 0 Å². The predicted octanol–water partition coefficient (Wildman–Crippen LogP) is 5.11. The van der Waals surface area contributed by atoms with E-state index in [1.54, 1.807) is 6.20 Å². The molecule has 1 aromatic carbocycles. The molecule has 2 aromatic heterocycles. The summed E-state index contributed by atoms with van der Waals surface area (Å²) >= 11 is 0. The highest BCUT2D eigenvalue weighted by Gasteiger charge is 2.43. The van der Waals surface area contributed by atoms with Gasteiger partial charge in [0.25, 0.3) is 0 Å². The van der Waals surface area contributed by atoms with E-state index in [2.05, 4.69) is 59.3 Å². The molecule has 0 radical (unpaired) electrons. The number of carbonyl (C=O) groups excluding carboxylic acids is 1. The molecule has 4 heterocycles. The molecule has 180 valence electrons. The Hall–Kier alpha value is -2.93. The summed E-state index contributed by atoms with van der Waals surface area (Å²) < 4.78 is 7.66. The molecular formula is C27H35N5O2. The van der Waals surface area contributed by atoms with Crippen molar-refractivity contribution in [3.05, 3.63) is 54.0 Å². The second-order valence-electron chi connectivity index (χ2n) is 9.93. The number of ether oxygens (including phenoxy) is 1. The van der Waals surface area contributed by atoms with Gasteiger partial charge in [0.2, 0.25) is 5.78 Å². The molecule has 7 nitrogen and oxygen atoms in total. The second-order valence-corrected chi connectivity index (χ2v) is 9.93. The zero-order chi connectivity index (χ0) is 23.7. The number of fused-ring (bicyclic) bond motifs is 3. The smallest absolute Gasteiger partial charge is 0.410 e. The van der Waals surface area contributed by atoms with E-state index in [9.17, 15) is 4.79 Å². The van der Waals surface area contributed by atoms with Crippen LogP contribution in [-0.4, -0.2) is 62.0 Å². The number of piperazine rings is 1. The van der Waals surface area contributed by atoms with E-state index in [1.807, 2.05) is 17.2 Å². The fourth-order valence-electron chi connectivity index (χ4n) is 5.35. The maximum Gasteiger partial charge on any atom is 0.410 e. The standard InChI is InChI=1S/C27H35N5O2/c1-4-5-15-34-27(33)32-22-11-12-23(32)17-30(16-22)18-24-25(29-26-28-13-6-14-31(24)26)21-9-7-20(8-10-21)19(2)3/h6-10,13-14,19,22-23H,4-5,11-12,15-18H2,1-3H3. The van der Waals surface area contributed by atoms with Crippen molar-refractivity contribution in [2.75, 3.05) is 19.7 Å². The van der Waals surface area contributed by atoms with Gasteiger partial charge in [0.15, 0.2) is 0 Å². The van der Waals surface area contributed by atoms with E-state index in [4.69, 9.17) is 9.72 Å². The number of likely N-dealkylation sites (tertiary alicyclic amines) is 1. The average Bonchev–Trinajstić information content (AvgIpc) is 3.34. The van der Waals surface area contributed by atoms with Crippen LogP contribution in [-0.2, 0) is 11.3 Å². The fourth-order valence-corrected chi connectivity index (χ4v) is 5.35. The van der Waals surface area contributed by atoms with Gasteiger partial charge in [0.05, 0.1) is 18.0 Å². The number of carbonyl (C=O) groups is 1. The first-order valence-corrected chi connectivity index (χ1v) is 12.6. The van der Waals surface area contributed by atoms with Crippen LogP contribution in [0.2, 0.25) is 0 Å². The number of hydrogen-bond donors (Lipinski definition) is 0. The highest BCUT2D eigenvalue weighted by atomic mass is 16.6. The van der Waals surface area contributed by atoms with E-state index in [0.29, 0.717) is 12.5 Å². The number of rotatable bonds is 7. The van der Waals surface area contributed by atoms with Gasteiger partial charge in [0, 0.05) is 49.7 Å². The first kappa shape index (κ1) is 22.8. The van der Waals surface area contributed by atoms with Crippen molar-refractivity contribution in [1.29, 1.82) is 0 Å². The Kier molecular flexibility index (Phi) is 6.55. The molecule has 0 saturated carbocycles. The van der Waals surface area contributed by atoms with Crippen molar-refractivity contribution in [3.8, 4) is 11.3 Å². The lowest BCUT2D eigenvalue weighted by atomic mass is 10.0. The van der Waals surface area contributed by atoms with Gasteiger partial charge in [-0.15, -0.1) is 0 Å². The van der Waals surface area contributed by atoms with E-state index in [0.717, 1.165) is 68.0 Å². The van der Waals surface area contributed by atoms with Crippen LogP contribution in [0.15, 0.2) is 42.7 Å². The summed E-state index contributed by atoms with van der Waals surface area (Å²) in [4.78, 5) is 26.6. The molecule has 2 fully saturated rings. The van der Waals surface area contributed by atoms with Crippen LogP contribution >= 0.6 is 0 Å². The van der Waals surface area contributed by atoms with Crippen LogP contribution in [0.1, 0.15) is 63.6 Å². The fraction of sp³-hybridized carbons (Fsp3) is 0.519. The van der Waals surface area contributed by atoms with Gasteiger partial charge in [-0.3, -0.25) is 14.2 Å². The third kappa shape index (κ3) is 4.41. The van der Waals surface area contributed by atoms with Crippen molar-refractivity contribution >= 4 is 11.9 Å². The zero-order valence-corrected chi connectivity index (χ0v) is 20.5. The van der Waals surface area contributed by atoms with Crippen LogP contribution in [0.5, 0.6) is 0 Å². The minimum atomic E-state index is -0.134. The molecule has 0 aliphatic carbocycles. The minimum Gasteiger partial charge on any atom is -0.449 e. The van der Waals surface area contributed by atoms with Gasteiger partial charge in [-0.25, -0.2) is 14.8 Å². The van der Waals surface area contributed by atoms with Crippen molar-refractivity contribution in [1.82, 2.24) is 24.2 Å². The summed E-state index contributed by atoms with van der Waals surface area (Å²) in [6.45, 7) is 9.55. The molecule has 1 amide bonds. The third-order valence-corrected chi connectivity index (χ3v) is 7.22. The summed E-state index contributed by atoms with van der Waals surface area (Å²) in [5.74, 6) is 1.22. The van der Waals surface area contributed by atoms with Gasteiger partial charge in [-0.05, 0) is 36.8 Å². The molecule has 2 atom stereocenters. The van der Waals surface area contributed by atoms with Crippen LogP contribution in [0, 0.1) is 0 Å². The highest BCUT2D eigenvalue weighted by Crippen LogP contribution is 2.33. The monoisotopic (exact) mass is 461 g/mol. The molecule has 0 spiro atoms. The van der Waals surface area contributed by atoms with Gasteiger partial charge in [-0.2, -0.15) is 0 Å². The molecule has 0 N–H and O–H groups in total. The number of amides is 1. The molecule has 3 aromatic rings. The average molecular weight is 462 g/mol. The molecular weight excluding hydrogens is 426 g/mol. The molecule has 2 bridgehead atoms. The second kappa shape index (κ2) is 9.74. The molecule has 34 heavy (non-hydrogen) atoms. The van der Waals surface area contributed by atoms with Crippen molar-refractivity contribution in [2.45, 2.75) is 71.0 Å². The number of imidazole rings is 1. The molecule has 2 aliphatic rings. The Balaban J connectivity index is 1.37. The SMILES string of the molecule is CCCCOC(=O)N1C2CCC1CN(Cc1c(-c3ccc(C(C)C)cc3)nc3ncccn13)C2. The summed E-state index contributed by atoms with van der Waals surface area (Å²) in [6, 6.07) is 11.1. The largest absolute Gasteiger partial charge is 0.449 e. The Morgan fingerprint density at radius 3 is 2.56 bits per heavy atom. The first-order chi connectivity index (χ1) is 16.5. The van der Waals surface area contributed by atoms with Gasteiger partial charge in [0.1, 0.15) is 0 Å². The normalized spacial score (nSPS) is 20.4. The van der Waals surface area contributed by atoms with Crippen molar-refractivity contribution in [3.63, 3.8) is 0 Å². The van der Waals surface area contributed by atoms with E-state index in [1.165, 1.54) is 5.56 Å². The lowest BCUT2D eigenvalue weighted by Gasteiger charge is -2.40. The molecule has 2 saturated heterocycles. The van der Waals surface area contributed by atoms with E-state index < -0.39 is 0 Å². The van der Waals surface area contributed by atoms with Crippen LogP contribution in [0.3, 0.4) is 0 Å². The number of unbranched alkanes of at least 4 members (excludes halogenated alkanes) is 1. The Labute approximate surface area is 201 Å². The molecule has 2 aliphatic heterocycles. The van der Waals surface area contributed by atoms with Gasteiger partial charge in [-0.1, -0.05) is 51.5 Å². The topological polar surface area (TPSA) is 63.0 Å². The van der Waals surface area contributed by atoms with Crippen LogP contribution in [0.4, 0.5) is 4.79 Å². The van der Waals surface area contributed by atoms with Gasteiger partial charge >= 0.3 is 6.09 Å². The summed E-state index contributed by atoms with van der Waals surface area (Å²) in [5.41, 5.74) is 4.58. The van der Waals surface area contributed by atoms with Gasteiger partial charge < -0.3 is 4.74 Å². The minimum absolute atomic E-state index is 0.134. The van der Waals surface area contributed by atoms with Crippen molar-refractivity contribution < 1.29 is 9.53 Å². The Morgan fingerprint density at radius 1 is 1.15 bits per heavy atom. The lowest BCUT2D eigenvalue weighted by Crippen LogP contribution is -2.55. The lowest BCUT2D eigenvalue weighted by molar-refractivity contribution is 0.0386. The predicted molar refractivity (Wildman–Crippen MR) is 133 cm³/mol. The number of nitrogens with zero attached hydrogens (tertiary/aromatic N) is 5. The Morgan fingerprint density at radius 2 is 1.88 bits per heavy atom. The quantitative estimate of drug-likeness (QED) is 0.458. The maximum absolute atomic E-state index is 12.7. The summed E-state index contributed by atoms with van der Waals surface area (Å²) in [6.07, 6.45) is 7.75. The molecule has 7 heteroatoms. The number of aromatic nitrogens is 3. The summed E-state index contributed by atoms with van der Waals surface area (Å²) in [5, 5.41) is 0. The van der Waals surface area contributed by atoms with E-state index in [-0.39, 0.29) is 18.2 Å². The molecule has 5 rings (SSSR count). The van der Waals surface area contributed by atoms with Crippen LogP contribution < -0.4 is 0 Å².